The lowest BCUT2D eigenvalue weighted by atomic mass is 9.94. The van der Waals surface area contributed by atoms with E-state index >= 15 is 0 Å². The van der Waals surface area contributed by atoms with Crippen LogP contribution in [-0.4, -0.2) is 24.2 Å². The molecule has 0 unspecified atom stereocenters. The normalized spacial score (nSPS) is 17.7. The van der Waals surface area contributed by atoms with E-state index < -0.39 is 5.97 Å². The number of hydrogen-bond acceptors (Lipinski definition) is 3. The zero-order chi connectivity index (χ0) is 11.5. The smallest absolute Gasteiger partial charge is 0.345 e. The Morgan fingerprint density at radius 3 is 2.75 bits per heavy atom. The van der Waals surface area contributed by atoms with Crippen LogP contribution < -0.4 is 4.90 Å². The number of nitrogens with zero attached hydrogens (tertiary/aromatic N) is 1. The largest absolute Gasteiger partial charge is 0.477 e. The average molecular weight is 239 g/mol. The molecule has 3 nitrogen and oxygen atoms in total. The summed E-state index contributed by atoms with van der Waals surface area (Å²) in [7, 11) is 0. The topological polar surface area (TPSA) is 40.5 Å². The van der Waals surface area contributed by atoms with Crippen LogP contribution in [0, 0.1) is 5.92 Å². The van der Waals surface area contributed by atoms with Crippen molar-refractivity contribution in [3.63, 3.8) is 0 Å². The van der Waals surface area contributed by atoms with Crippen molar-refractivity contribution >= 4 is 23.0 Å². The molecule has 4 heteroatoms. The third kappa shape index (κ3) is 2.38. The van der Waals surface area contributed by atoms with Crippen LogP contribution in [-0.2, 0) is 0 Å². The van der Waals surface area contributed by atoms with Gasteiger partial charge in [-0.25, -0.2) is 4.79 Å². The van der Waals surface area contributed by atoms with Gasteiger partial charge in [-0.1, -0.05) is 13.3 Å². The number of hydrogen-bond donors (Lipinski definition) is 1. The Labute approximate surface area is 99.7 Å². The monoisotopic (exact) mass is 239 g/mol. The predicted molar refractivity (Wildman–Crippen MR) is 66.5 cm³/mol. The Hall–Kier alpha value is -1.03. The summed E-state index contributed by atoms with van der Waals surface area (Å²) in [6.45, 7) is 4.37. The number of anilines is 1. The van der Waals surface area contributed by atoms with Gasteiger partial charge >= 0.3 is 5.97 Å². The number of carbonyl (C=O) groups is 1. The van der Waals surface area contributed by atoms with Crippen LogP contribution in [0.3, 0.4) is 0 Å². The summed E-state index contributed by atoms with van der Waals surface area (Å²) in [6, 6.07) is 1.79. The van der Waals surface area contributed by atoms with Gasteiger partial charge in [-0.3, -0.25) is 0 Å². The van der Waals surface area contributed by atoms with Gasteiger partial charge in [-0.05, 0) is 24.8 Å². The van der Waals surface area contributed by atoms with E-state index in [1.165, 1.54) is 30.6 Å². The fourth-order valence-corrected chi connectivity index (χ4v) is 2.96. The molecular weight excluding hydrogens is 222 g/mol. The zero-order valence-corrected chi connectivity index (χ0v) is 10.3. The highest BCUT2D eigenvalue weighted by Gasteiger charge is 2.19. The summed E-state index contributed by atoms with van der Waals surface area (Å²) in [6.07, 6.45) is 3.72. The minimum atomic E-state index is -0.820. The molecule has 0 spiro atoms. The molecule has 16 heavy (non-hydrogen) atoms. The summed E-state index contributed by atoms with van der Waals surface area (Å²) in [5.74, 6) is 0.0357. The Kier molecular flexibility index (Phi) is 3.49. The molecule has 1 N–H and O–H groups in total. The van der Waals surface area contributed by atoms with E-state index in [-0.39, 0.29) is 0 Å². The number of carboxylic acids is 1. The van der Waals surface area contributed by atoms with Crippen LogP contribution in [0.25, 0.3) is 0 Å². The van der Waals surface area contributed by atoms with E-state index in [1.807, 2.05) is 5.38 Å². The Balaban J connectivity index is 2.00. The summed E-state index contributed by atoms with van der Waals surface area (Å²) in [4.78, 5) is 13.5. The molecule has 1 aromatic rings. The van der Waals surface area contributed by atoms with Crippen LogP contribution in [0.5, 0.6) is 0 Å². The highest BCUT2D eigenvalue weighted by Crippen LogP contribution is 2.28. The van der Waals surface area contributed by atoms with Crippen molar-refractivity contribution in [1.82, 2.24) is 0 Å². The van der Waals surface area contributed by atoms with Gasteiger partial charge in [0.25, 0.3) is 0 Å². The standard InChI is InChI=1S/C12H17NO2S/c1-2-9-3-5-13(6-4-9)10-7-11(12(14)15)16-8-10/h7-9H,2-6H2,1H3,(H,14,15). The van der Waals surface area contributed by atoms with Gasteiger partial charge in [0.2, 0.25) is 0 Å². The van der Waals surface area contributed by atoms with E-state index in [9.17, 15) is 4.79 Å². The minimum absolute atomic E-state index is 0.438. The first kappa shape index (κ1) is 11.5. The molecule has 0 radical (unpaired) electrons. The molecule has 0 saturated carbocycles. The third-order valence-electron chi connectivity index (χ3n) is 3.35. The Morgan fingerprint density at radius 1 is 1.56 bits per heavy atom. The Bertz CT molecular complexity index is 367. The van der Waals surface area contributed by atoms with Crippen molar-refractivity contribution < 1.29 is 9.90 Å². The average Bonchev–Trinajstić information content (AvgIpc) is 2.78. The first-order valence-electron chi connectivity index (χ1n) is 5.77. The molecule has 1 fully saturated rings. The van der Waals surface area contributed by atoms with Gasteiger partial charge in [0.15, 0.2) is 0 Å². The van der Waals surface area contributed by atoms with Crippen LogP contribution in [0.2, 0.25) is 0 Å². The van der Waals surface area contributed by atoms with Crippen molar-refractivity contribution in [2.45, 2.75) is 26.2 Å². The van der Waals surface area contributed by atoms with E-state index in [0.717, 1.165) is 24.7 Å². The maximum Gasteiger partial charge on any atom is 0.345 e. The quantitative estimate of drug-likeness (QED) is 0.881. The van der Waals surface area contributed by atoms with Crippen LogP contribution >= 0.6 is 11.3 Å². The fourth-order valence-electron chi connectivity index (χ4n) is 2.20. The highest BCUT2D eigenvalue weighted by molar-refractivity contribution is 7.12. The van der Waals surface area contributed by atoms with E-state index in [4.69, 9.17) is 5.11 Å². The van der Waals surface area contributed by atoms with Crippen molar-refractivity contribution in [3.8, 4) is 0 Å². The molecule has 0 aliphatic carbocycles. The van der Waals surface area contributed by atoms with Gasteiger partial charge in [-0.15, -0.1) is 11.3 Å². The maximum absolute atomic E-state index is 10.8. The molecule has 1 aliphatic rings. The van der Waals surface area contributed by atoms with Crippen molar-refractivity contribution in [3.05, 3.63) is 16.3 Å². The fraction of sp³-hybridized carbons (Fsp3) is 0.583. The second-order valence-corrected chi connectivity index (χ2v) is 5.22. The second kappa shape index (κ2) is 4.87. The predicted octanol–water partition coefficient (Wildman–Crippen LogP) is 3.07. The number of aromatic carboxylic acids is 1. The molecular formula is C12H17NO2S. The van der Waals surface area contributed by atoms with E-state index in [0.29, 0.717) is 4.88 Å². The molecule has 1 aromatic heterocycles. The van der Waals surface area contributed by atoms with Gasteiger partial charge in [0, 0.05) is 24.2 Å². The highest BCUT2D eigenvalue weighted by atomic mass is 32.1. The zero-order valence-electron chi connectivity index (χ0n) is 9.48. The number of rotatable bonds is 3. The van der Waals surface area contributed by atoms with Gasteiger partial charge in [0.05, 0.1) is 0 Å². The molecule has 0 aromatic carbocycles. The lowest BCUT2D eigenvalue weighted by Gasteiger charge is -2.32. The van der Waals surface area contributed by atoms with Gasteiger partial charge in [0.1, 0.15) is 4.88 Å². The number of piperidine rings is 1. The first-order chi connectivity index (χ1) is 7.70. The van der Waals surface area contributed by atoms with E-state index in [1.54, 1.807) is 6.07 Å². The molecule has 2 heterocycles. The maximum atomic E-state index is 10.8. The number of carboxylic acid groups (broad SMARTS) is 1. The lowest BCUT2D eigenvalue weighted by Crippen LogP contribution is -2.33. The van der Waals surface area contributed by atoms with Crippen LogP contribution in [0.15, 0.2) is 11.4 Å². The molecule has 88 valence electrons. The van der Waals surface area contributed by atoms with Gasteiger partial charge in [-0.2, -0.15) is 0 Å². The molecule has 0 atom stereocenters. The summed E-state index contributed by atoms with van der Waals surface area (Å²) in [5.41, 5.74) is 1.08. The summed E-state index contributed by atoms with van der Waals surface area (Å²) >= 11 is 1.32. The van der Waals surface area contributed by atoms with Crippen molar-refractivity contribution in [2.24, 2.45) is 5.92 Å². The van der Waals surface area contributed by atoms with Crippen molar-refractivity contribution in [2.75, 3.05) is 18.0 Å². The van der Waals surface area contributed by atoms with Crippen LogP contribution in [0.1, 0.15) is 35.9 Å². The Morgan fingerprint density at radius 2 is 2.25 bits per heavy atom. The second-order valence-electron chi connectivity index (χ2n) is 4.31. The molecule has 2 rings (SSSR count). The molecule has 1 aliphatic heterocycles. The summed E-state index contributed by atoms with van der Waals surface area (Å²) in [5, 5.41) is 10.8. The minimum Gasteiger partial charge on any atom is -0.477 e. The first-order valence-corrected chi connectivity index (χ1v) is 6.65. The van der Waals surface area contributed by atoms with Crippen LogP contribution in [0.4, 0.5) is 5.69 Å². The molecule has 0 amide bonds. The third-order valence-corrected chi connectivity index (χ3v) is 4.26. The molecule has 0 bridgehead atoms. The SMILES string of the molecule is CCC1CCN(c2csc(C(=O)O)c2)CC1. The molecule has 1 saturated heterocycles. The van der Waals surface area contributed by atoms with Gasteiger partial charge < -0.3 is 10.0 Å². The van der Waals surface area contributed by atoms with Crippen molar-refractivity contribution in [1.29, 1.82) is 0 Å². The van der Waals surface area contributed by atoms with E-state index in [2.05, 4.69) is 11.8 Å². The summed E-state index contributed by atoms with van der Waals surface area (Å²) < 4.78 is 0. The lowest BCUT2D eigenvalue weighted by molar-refractivity contribution is 0.0702. The number of thiophene rings is 1.